The van der Waals surface area contributed by atoms with Gasteiger partial charge in [-0.1, -0.05) is 18.2 Å². The molecule has 0 saturated carbocycles. The highest BCUT2D eigenvalue weighted by molar-refractivity contribution is 5.92. The van der Waals surface area contributed by atoms with E-state index in [1.165, 1.54) is 25.3 Å². The van der Waals surface area contributed by atoms with Crippen molar-refractivity contribution in [3.05, 3.63) is 59.7 Å². The number of amides is 1. The van der Waals surface area contributed by atoms with Gasteiger partial charge in [0.1, 0.15) is 17.2 Å². The van der Waals surface area contributed by atoms with E-state index < -0.39 is 6.61 Å². The molecule has 26 heavy (non-hydrogen) atoms. The van der Waals surface area contributed by atoms with Crippen LogP contribution in [0.3, 0.4) is 0 Å². The van der Waals surface area contributed by atoms with Crippen LogP contribution in [-0.2, 0) is 11.3 Å². The second-order valence-electron chi connectivity index (χ2n) is 5.15. The minimum Gasteiger partial charge on any atom is -0.497 e. The van der Waals surface area contributed by atoms with E-state index >= 15 is 0 Å². The summed E-state index contributed by atoms with van der Waals surface area (Å²) >= 11 is 0. The Bertz CT molecular complexity index is 778. The zero-order chi connectivity index (χ0) is 18.9. The van der Waals surface area contributed by atoms with Crippen LogP contribution in [0.25, 0.3) is 6.08 Å². The Hall–Kier alpha value is -3.09. The second kappa shape index (κ2) is 9.41. The molecule has 7 heteroatoms. The summed E-state index contributed by atoms with van der Waals surface area (Å²) in [6.07, 6.45) is 2.66. The number of hydrogen-bond donors (Lipinski definition) is 1. The summed E-state index contributed by atoms with van der Waals surface area (Å²) < 4.78 is 39.6. The van der Waals surface area contributed by atoms with E-state index in [0.717, 1.165) is 5.56 Å². The van der Waals surface area contributed by atoms with E-state index in [1.807, 2.05) is 0 Å². The fourth-order valence-electron chi connectivity index (χ4n) is 2.25. The van der Waals surface area contributed by atoms with Crippen molar-refractivity contribution in [2.75, 3.05) is 14.2 Å². The van der Waals surface area contributed by atoms with Gasteiger partial charge < -0.3 is 19.5 Å². The van der Waals surface area contributed by atoms with Gasteiger partial charge in [-0.25, -0.2) is 0 Å². The van der Waals surface area contributed by atoms with Crippen molar-refractivity contribution in [1.29, 1.82) is 0 Å². The summed E-state index contributed by atoms with van der Waals surface area (Å²) in [4.78, 5) is 12.0. The van der Waals surface area contributed by atoms with Crippen molar-refractivity contribution in [2.45, 2.75) is 13.2 Å². The largest absolute Gasteiger partial charge is 0.497 e. The first-order valence-corrected chi connectivity index (χ1v) is 7.74. The zero-order valence-corrected chi connectivity index (χ0v) is 14.4. The summed E-state index contributed by atoms with van der Waals surface area (Å²) in [5.41, 5.74) is 1.12. The molecule has 0 heterocycles. The van der Waals surface area contributed by atoms with Crippen LogP contribution in [0, 0.1) is 0 Å². The van der Waals surface area contributed by atoms with Crippen LogP contribution in [0.15, 0.2) is 48.5 Å². The highest BCUT2D eigenvalue weighted by Crippen LogP contribution is 2.24. The number of halogens is 2. The lowest BCUT2D eigenvalue weighted by molar-refractivity contribution is -0.116. The van der Waals surface area contributed by atoms with Gasteiger partial charge in [-0.05, 0) is 30.3 Å². The topological polar surface area (TPSA) is 56.8 Å². The molecule has 5 nitrogen and oxygen atoms in total. The molecule has 0 fully saturated rings. The van der Waals surface area contributed by atoms with Crippen LogP contribution in [0.4, 0.5) is 8.78 Å². The number of ether oxygens (including phenoxy) is 3. The van der Waals surface area contributed by atoms with Gasteiger partial charge in [0.2, 0.25) is 5.91 Å². The monoisotopic (exact) mass is 363 g/mol. The predicted molar refractivity (Wildman–Crippen MR) is 93.5 cm³/mol. The number of carbonyl (C=O) groups excluding carboxylic acids is 1. The SMILES string of the molecule is COc1ccc(OC)c(CNC(=O)/C=C/c2ccccc2OC(F)F)c1. The van der Waals surface area contributed by atoms with E-state index in [-0.39, 0.29) is 18.2 Å². The van der Waals surface area contributed by atoms with Gasteiger partial charge in [-0.2, -0.15) is 8.78 Å². The second-order valence-corrected chi connectivity index (χ2v) is 5.15. The van der Waals surface area contributed by atoms with Crippen molar-refractivity contribution in [1.82, 2.24) is 5.32 Å². The molecule has 1 amide bonds. The first kappa shape index (κ1) is 19.2. The van der Waals surface area contributed by atoms with E-state index in [1.54, 1.807) is 43.5 Å². The molecule has 0 aliphatic heterocycles. The maximum atomic E-state index is 12.4. The van der Waals surface area contributed by atoms with E-state index in [4.69, 9.17) is 9.47 Å². The summed E-state index contributed by atoms with van der Waals surface area (Å²) in [6.45, 7) is -2.71. The number of rotatable bonds is 8. The number of hydrogen-bond acceptors (Lipinski definition) is 4. The quantitative estimate of drug-likeness (QED) is 0.728. The van der Waals surface area contributed by atoms with Crippen molar-refractivity contribution in [3.8, 4) is 17.2 Å². The van der Waals surface area contributed by atoms with Gasteiger partial charge >= 0.3 is 6.61 Å². The summed E-state index contributed by atoms with van der Waals surface area (Å²) in [5.74, 6) is 0.872. The molecule has 0 bridgehead atoms. The number of nitrogens with one attached hydrogen (secondary N) is 1. The number of para-hydroxylation sites is 1. The lowest BCUT2D eigenvalue weighted by Crippen LogP contribution is -2.20. The number of benzene rings is 2. The smallest absolute Gasteiger partial charge is 0.387 e. The zero-order valence-electron chi connectivity index (χ0n) is 14.4. The van der Waals surface area contributed by atoms with Crippen molar-refractivity contribution in [3.63, 3.8) is 0 Å². The summed E-state index contributed by atoms with van der Waals surface area (Å²) in [6, 6.07) is 11.5. The lowest BCUT2D eigenvalue weighted by Gasteiger charge is -2.11. The number of carbonyl (C=O) groups is 1. The average molecular weight is 363 g/mol. The molecule has 0 atom stereocenters. The van der Waals surface area contributed by atoms with Gasteiger partial charge in [0.25, 0.3) is 0 Å². The van der Waals surface area contributed by atoms with Crippen LogP contribution in [-0.4, -0.2) is 26.7 Å². The molecule has 0 aliphatic carbocycles. The predicted octanol–water partition coefficient (Wildman–Crippen LogP) is 3.63. The minimum absolute atomic E-state index is 0.000940. The van der Waals surface area contributed by atoms with Crippen LogP contribution in [0.5, 0.6) is 17.2 Å². The van der Waals surface area contributed by atoms with Gasteiger partial charge in [0.05, 0.1) is 14.2 Å². The molecule has 2 aromatic carbocycles. The Kier molecular flexibility index (Phi) is 6.96. The van der Waals surface area contributed by atoms with Crippen molar-refractivity contribution >= 4 is 12.0 Å². The van der Waals surface area contributed by atoms with Crippen LogP contribution in [0.2, 0.25) is 0 Å². The maximum Gasteiger partial charge on any atom is 0.387 e. The Balaban J connectivity index is 2.03. The molecule has 0 radical (unpaired) electrons. The maximum absolute atomic E-state index is 12.4. The molecule has 1 N–H and O–H groups in total. The number of methoxy groups -OCH3 is 2. The molecular formula is C19H19F2NO4. The summed E-state index contributed by atoms with van der Waals surface area (Å²) in [7, 11) is 3.08. The average Bonchev–Trinajstić information content (AvgIpc) is 2.64. The van der Waals surface area contributed by atoms with Gasteiger partial charge in [0, 0.05) is 23.7 Å². The molecule has 138 valence electrons. The van der Waals surface area contributed by atoms with E-state index in [9.17, 15) is 13.6 Å². The standard InChI is InChI=1S/C19H19F2NO4/c1-24-15-8-9-16(25-2)14(11-15)12-22-18(23)10-7-13-5-3-4-6-17(13)26-19(20)21/h3-11,19H,12H2,1-2H3,(H,22,23)/b10-7+. The Morgan fingerprint density at radius 2 is 1.88 bits per heavy atom. The molecule has 0 spiro atoms. The van der Waals surface area contributed by atoms with Crippen LogP contribution >= 0.6 is 0 Å². The Labute approximate surface area is 150 Å². The fourth-order valence-corrected chi connectivity index (χ4v) is 2.25. The molecule has 0 aliphatic rings. The van der Waals surface area contributed by atoms with E-state index in [0.29, 0.717) is 17.1 Å². The Morgan fingerprint density at radius 1 is 1.12 bits per heavy atom. The van der Waals surface area contributed by atoms with Gasteiger partial charge in [0.15, 0.2) is 0 Å². The molecule has 2 rings (SSSR count). The molecule has 0 saturated heterocycles. The van der Waals surface area contributed by atoms with Gasteiger partial charge in [-0.15, -0.1) is 0 Å². The first-order chi connectivity index (χ1) is 12.5. The normalized spacial score (nSPS) is 10.8. The fraction of sp³-hybridized carbons (Fsp3) is 0.211. The first-order valence-electron chi connectivity index (χ1n) is 7.74. The van der Waals surface area contributed by atoms with E-state index in [2.05, 4.69) is 10.1 Å². The Morgan fingerprint density at radius 3 is 2.58 bits per heavy atom. The third-order valence-corrected chi connectivity index (χ3v) is 3.49. The van der Waals surface area contributed by atoms with Crippen molar-refractivity contribution < 1.29 is 27.8 Å². The highest BCUT2D eigenvalue weighted by atomic mass is 19.3. The van der Waals surface area contributed by atoms with Crippen molar-refractivity contribution in [2.24, 2.45) is 0 Å². The minimum atomic E-state index is -2.93. The van der Waals surface area contributed by atoms with Crippen LogP contribution < -0.4 is 19.5 Å². The molecule has 2 aromatic rings. The lowest BCUT2D eigenvalue weighted by atomic mass is 10.1. The van der Waals surface area contributed by atoms with Crippen LogP contribution in [0.1, 0.15) is 11.1 Å². The third-order valence-electron chi connectivity index (χ3n) is 3.49. The molecular weight excluding hydrogens is 344 g/mol. The third kappa shape index (κ3) is 5.47. The molecule has 0 unspecified atom stereocenters. The summed E-state index contributed by atoms with van der Waals surface area (Å²) in [5, 5.41) is 2.71. The van der Waals surface area contributed by atoms with Gasteiger partial charge in [-0.3, -0.25) is 4.79 Å². The highest BCUT2D eigenvalue weighted by Gasteiger charge is 2.08. The molecule has 0 aromatic heterocycles. The number of alkyl halides is 2.